The molecule has 0 aliphatic heterocycles. The molecule has 0 saturated heterocycles. The van der Waals surface area contributed by atoms with Crippen molar-refractivity contribution in [1.82, 2.24) is 15.0 Å². The maximum absolute atomic E-state index is 5.92. The van der Waals surface area contributed by atoms with Gasteiger partial charge in [0, 0.05) is 11.4 Å². The molecule has 0 saturated carbocycles. The van der Waals surface area contributed by atoms with Crippen LogP contribution in [0.25, 0.3) is 0 Å². The number of nitrogens with two attached hydrogens (primary N) is 1. The molecule has 2 heterocycles. The molecule has 104 valence electrons. The van der Waals surface area contributed by atoms with Gasteiger partial charge in [-0.15, -0.1) is 11.3 Å². The van der Waals surface area contributed by atoms with Gasteiger partial charge in [-0.3, -0.25) is 4.90 Å². The van der Waals surface area contributed by atoms with Gasteiger partial charge in [-0.2, -0.15) is 4.98 Å². The van der Waals surface area contributed by atoms with Crippen LogP contribution in [0.15, 0.2) is 16.7 Å². The molecule has 5 nitrogen and oxygen atoms in total. The highest BCUT2D eigenvalue weighted by Gasteiger charge is 2.21. The summed E-state index contributed by atoms with van der Waals surface area (Å²) in [5.74, 6) is 1.09. The number of hydrogen-bond acceptors (Lipinski definition) is 6. The van der Waals surface area contributed by atoms with Crippen molar-refractivity contribution in [1.29, 1.82) is 0 Å². The lowest BCUT2D eigenvalue weighted by Gasteiger charge is -2.13. The Morgan fingerprint density at radius 2 is 2.16 bits per heavy atom. The average molecular weight is 301 g/mol. The van der Waals surface area contributed by atoms with Gasteiger partial charge < -0.3 is 10.3 Å². The van der Waals surface area contributed by atoms with Crippen LogP contribution in [0.1, 0.15) is 30.4 Å². The Kier molecular flexibility index (Phi) is 4.25. The Morgan fingerprint density at radius 1 is 1.42 bits per heavy atom. The van der Waals surface area contributed by atoms with Crippen LogP contribution in [0, 0.1) is 0 Å². The van der Waals surface area contributed by atoms with Gasteiger partial charge in [-0.1, -0.05) is 16.8 Å². The molecule has 0 bridgehead atoms. The first kappa shape index (κ1) is 14.5. The second-order valence-electron chi connectivity index (χ2n) is 5.11. The highest BCUT2D eigenvalue weighted by atomic mass is 35.5. The summed E-state index contributed by atoms with van der Waals surface area (Å²) in [5, 5.41) is 3.90. The summed E-state index contributed by atoms with van der Waals surface area (Å²) in [6.45, 7) is 5.07. The quantitative estimate of drug-likeness (QED) is 0.919. The van der Waals surface area contributed by atoms with Crippen LogP contribution in [0.3, 0.4) is 0 Å². The second kappa shape index (κ2) is 5.58. The summed E-state index contributed by atoms with van der Waals surface area (Å²) in [6, 6.07) is 3.92. The Labute approximate surface area is 121 Å². The van der Waals surface area contributed by atoms with Crippen LogP contribution < -0.4 is 5.73 Å². The average Bonchev–Trinajstić information content (AvgIpc) is 2.87. The van der Waals surface area contributed by atoms with E-state index in [4.69, 9.17) is 21.9 Å². The van der Waals surface area contributed by atoms with Gasteiger partial charge in [0.1, 0.15) is 0 Å². The summed E-state index contributed by atoms with van der Waals surface area (Å²) in [5.41, 5.74) is 5.33. The molecule has 0 fully saturated rings. The molecule has 0 radical (unpaired) electrons. The Balaban J connectivity index is 1.95. The van der Waals surface area contributed by atoms with Crippen molar-refractivity contribution in [2.75, 3.05) is 7.05 Å². The molecule has 2 N–H and O–H groups in total. The van der Waals surface area contributed by atoms with Crippen LogP contribution >= 0.6 is 22.9 Å². The number of hydrogen-bond donors (Lipinski definition) is 1. The van der Waals surface area contributed by atoms with Gasteiger partial charge in [0.15, 0.2) is 5.82 Å². The van der Waals surface area contributed by atoms with Gasteiger partial charge in [-0.25, -0.2) is 0 Å². The fourth-order valence-electron chi connectivity index (χ4n) is 1.57. The first-order valence-electron chi connectivity index (χ1n) is 5.89. The predicted molar refractivity (Wildman–Crippen MR) is 76.0 cm³/mol. The van der Waals surface area contributed by atoms with Gasteiger partial charge >= 0.3 is 0 Å². The molecule has 0 aliphatic rings. The van der Waals surface area contributed by atoms with Crippen molar-refractivity contribution in [3.05, 3.63) is 33.1 Å². The third kappa shape index (κ3) is 4.01. The first-order valence-corrected chi connectivity index (χ1v) is 7.09. The summed E-state index contributed by atoms with van der Waals surface area (Å²) < 4.78 is 6.00. The molecular formula is C12H17ClN4OS. The van der Waals surface area contributed by atoms with Crippen LogP contribution in [0.5, 0.6) is 0 Å². The van der Waals surface area contributed by atoms with Crippen molar-refractivity contribution in [3.63, 3.8) is 0 Å². The Bertz CT molecular complexity index is 546. The van der Waals surface area contributed by atoms with Gasteiger partial charge in [-0.05, 0) is 33.0 Å². The largest absolute Gasteiger partial charge is 0.338 e. The molecule has 0 amide bonds. The standard InChI is InChI=1S/C12H17ClN4OS/c1-12(2,14)11-15-10(18-16-11)7-17(3)6-8-4-5-9(13)19-8/h4-5H,6-7,14H2,1-3H3. The van der Waals surface area contributed by atoms with Crippen molar-refractivity contribution in [3.8, 4) is 0 Å². The van der Waals surface area contributed by atoms with Gasteiger partial charge in [0.25, 0.3) is 0 Å². The molecule has 7 heteroatoms. The van der Waals surface area contributed by atoms with Crippen LogP contribution in [-0.2, 0) is 18.6 Å². The molecule has 0 aliphatic carbocycles. The minimum atomic E-state index is -0.582. The molecule has 0 aromatic carbocycles. The third-order valence-corrected chi connectivity index (χ3v) is 3.72. The van der Waals surface area contributed by atoms with Crippen LogP contribution in [0.2, 0.25) is 4.34 Å². The minimum absolute atomic E-state index is 0.523. The van der Waals surface area contributed by atoms with Crippen molar-refractivity contribution >= 4 is 22.9 Å². The number of thiophene rings is 1. The van der Waals surface area contributed by atoms with Crippen LogP contribution in [-0.4, -0.2) is 22.1 Å². The molecule has 2 aromatic heterocycles. The maximum atomic E-state index is 5.92. The molecule has 19 heavy (non-hydrogen) atoms. The van der Waals surface area contributed by atoms with E-state index in [2.05, 4.69) is 15.0 Å². The number of aromatic nitrogens is 2. The van der Waals surface area contributed by atoms with Crippen molar-refractivity contribution in [2.45, 2.75) is 32.5 Å². The zero-order valence-corrected chi connectivity index (χ0v) is 12.8. The fraction of sp³-hybridized carbons (Fsp3) is 0.500. The molecule has 2 rings (SSSR count). The molecule has 0 spiro atoms. The van der Waals surface area contributed by atoms with E-state index in [0.29, 0.717) is 18.3 Å². The topological polar surface area (TPSA) is 68.2 Å². The van der Waals surface area contributed by atoms with E-state index in [1.54, 1.807) is 11.3 Å². The van der Waals surface area contributed by atoms with Crippen LogP contribution in [0.4, 0.5) is 0 Å². The van der Waals surface area contributed by atoms with E-state index in [1.165, 1.54) is 4.88 Å². The summed E-state index contributed by atoms with van der Waals surface area (Å²) in [6.07, 6.45) is 0. The summed E-state index contributed by atoms with van der Waals surface area (Å²) >= 11 is 7.48. The monoisotopic (exact) mass is 300 g/mol. The van der Waals surface area contributed by atoms with E-state index < -0.39 is 5.54 Å². The van der Waals surface area contributed by atoms with Crippen molar-refractivity contribution in [2.24, 2.45) is 5.73 Å². The predicted octanol–water partition coefficient (Wildman–Crippen LogP) is 2.61. The molecule has 2 aromatic rings. The maximum Gasteiger partial charge on any atom is 0.240 e. The number of rotatable bonds is 5. The van der Waals surface area contributed by atoms with E-state index in [-0.39, 0.29) is 0 Å². The van der Waals surface area contributed by atoms with E-state index in [9.17, 15) is 0 Å². The van der Waals surface area contributed by atoms with E-state index >= 15 is 0 Å². The van der Waals surface area contributed by atoms with E-state index in [1.807, 2.05) is 33.0 Å². The summed E-state index contributed by atoms with van der Waals surface area (Å²) in [7, 11) is 1.99. The highest BCUT2D eigenvalue weighted by Crippen LogP contribution is 2.22. The van der Waals surface area contributed by atoms with Gasteiger partial charge in [0.05, 0.1) is 16.4 Å². The molecule has 0 unspecified atom stereocenters. The molecular weight excluding hydrogens is 284 g/mol. The lowest BCUT2D eigenvalue weighted by molar-refractivity contribution is 0.261. The zero-order valence-electron chi connectivity index (χ0n) is 11.2. The van der Waals surface area contributed by atoms with Gasteiger partial charge in [0.2, 0.25) is 5.89 Å². The van der Waals surface area contributed by atoms with Crippen molar-refractivity contribution < 1.29 is 4.52 Å². The lowest BCUT2D eigenvalue weighted by atomic mass is 10.1. The Morgan fingerprint density at radius 3 is 2.68 bits per heavy atom. The smallest absolute Gasteiger partial charge is 0.240 e. The lowest BCUT2D eigenvalue weighted by Crippen LogP contribution is -2.30. The highest BCUT2D eigenvalue weighted by molar-refractivity contribution is 7.16. The molecule has 0 atom stereocenters. The minimum Gasteiger partial charge on any atom is -0.338 e. The zero-order chi connectivity index (χ0) is 14.0. The fourth-order valence-corrected chi connectivity index (χ4v) is 2.74. The number of nitrogens with zero attached hydrogens (tertiary/aromatic N) is 3. The SMILES string of the molecule is CN(Cc1nc(C(C)(C)N)no1)Cc1ccc(Cl)s1. The normalized spacial score (nSPS) is 12.3. The first-order chi connectivity index (χ1) is 8.84. The summed E-state index contributed by atoms with van der Waals surface area (Å²) in [4.78, 5) is 7.59. The van der Waals surface area contributed by atoms with E-state index in [0.717, 1.165) is 10.9 Å². The number of halogens is 1. The Hall–Kier alpha value is -0.950. The second-order valence-corrected chi connectivity index (χ2v) is 6.91. The third-order valence-electron chi connectivity index (χ3n) is 2.50.